The molecule has 0 saturated heterocycles. The van der Waals surface area contributed by atoms with Crippen LogP contribution < -0.4 is 19.8 Å². The number of methoxy groups -OCH3 is 1. The van der Waals surface area contributed by atoms with Crippen LogP contribution in [-0.4, -0.2) is 19.7 Å². The van der Waals surface area contributed by atoms with Crippen molar-refractivity contribution in [1.29, 1.82) is 5.26 Å². The summed E-state index contributed by atoms with van der Waals surface area (Å²) in [6, 6.07) is 13.2. The Balaban J connectivity index is 1.54. The van der Waals surface area contributed by atoms with Crippen molar-refractivity contribution in [2.24, 2.45) is 0 Å². The maximum absolute atomic E-state index is 12.1. The lowest BCUT2D eigenvalue weighted by atomic mass is 10.1. The van der Waals surface area contributed by atoms with Gasteiger partial charge < -0.3 is 18.6 Å². The zero-order chi connectivity index (χ0) is 20.8. The lowest BCUT2D eigenvalue weighted by Crippen LogP contribution is -2.10. The van der Waals surface area contributed by atoms with Crippen LogP contribution in [0, 0.1) is 18.3 Å². The number of hydrogen-bond acceptors (Lipinski definition) is 7. The molecule has 0 aliphatic carbocycles. The minimum absolute atomic E-state index is 0.147. The maximum Gasteiger partial charge on any atom is 0.336 e. The van der Waals surface area contributed by atoms with Crippen LogP contribution in [0.2, 0.25) is 0 Å². The number of esters is 1. The minimum Gasteiger partial charge on any atom is -0.493 e. The van der Waals surface area contributed by atoms with Crippen LogP contribution in [0.5, 0.6) is 17.2 Å². The predicted octanol–water partition coefficient (Wildman–Crippen LogP) is 3.75. The Labute approximate surface area is 167 Å². The van der Waals surface area contributed by atoms with Crippen molar-refractivity contribution in [3.05, 3.63) is 64.0 Å². The molecule has 1 heterocycles. The average molecular weight is 393 g/mol. The van der Waals surface area contributed by atoms with E-state index in [9.17, 15) is 9.59 Å². The Kier molecular flexibility index (Phi) is 6.15. The Morgan fingerprint density at radius 3 is 2.72 bits per heavy atom. The van der Waals surface area contributed by atoms with Crippen LogP contribution in [0.3, 0.4) is 0 Å². The van der Waals surface area contributed by atoms with Gasteiger partial charge in [0.25, 0.3) is 0 Å². The second-order valence-corrected chi connectivity index (χ2v) is 6.31. The molecule has 0 bridgehead atoms. The fourth-order valence-electron chi connectivity index (χ4n) is 2.81. The lowest BCUT2D eigenvalue weighted by Gasteiger charge is -2.10. The van der Waals surface area contributed by atoms with Gasteiger partial charge in [0.05, 0.1) is 25.3 Å². The van der Waals surface area contributed by atoms with Crippen molar-refractivity contribution in [3.63, 3.8) is 0 Å². The molecule has 0 fully saturated rings. The van der Waals surface area contributed by atoms with E-state index in [0.717, 1.165) is 10.9 Å². The zero-order valence-electron chi connectivity index (χ0n) is 16.1. The quantitative estimate of drug-likeness (QED) is 0.261. The molecule has 2 aromatic carbocycles. The highest BCUT2D eigenvalue weighted by molar-refractivity contribution is 5.82. The number of hydrogen-bond donors (Lipinski definition) is 0. The van der Waals surface area contributed by atoms with E-state index in [1.165, 1.54) is 19.2 Å². The van der Waals surface area contributed by atoms with Crippen molar-refractivity contribution in [2.75, 3.05) is 13.7 Å². The first-order valence-corrected chi connectivity index (χ1v) is 8.96. The first-order valence-electron chi connectivity index (χ1n) is 8.96. The zero-order valence-corrected chi connectivity index (χ0v) is 16.1. The summed E-state index contributed by atoms with van der Waals surface area (Å²) in [6.45, 7) is 2.09. The van der Waals surface area contributed by atoms with Crippen molar-refractivity contribution < 1.29 is 23.4 Å². The molecule has 0 N–H and O–H groups in total. The van der Waals surface area contributed by atoms with Crippen molar-refractivity contribution in [2.45, 2.75) is 19.8 Å². The van der Waals surface area contributed by atoms with Crippen LogP contribution >= 0.6 is 0 Å². The normalized spacial score (nSPS) is 10.4. The molecule has 7 nitrogen and oxygen atoms in total. The monoisotopic (exact) mass is 393 g/mol. The Morgan fingerprint density at radius 2 is 1.97 bits per heavy atom. The number of carbonyl (C=O) groups excluding carboxylic acids is 1. The molecule has 7 heteroatoms. The van der Waals surface area contributed by atoms with E-state index in [2.05, 4.69) is 0 Å². The summed E-state index contributed by atoms with van der Waals surface area (Å²) >= 11 is 0. The Hall–Kier alpha value is -3.79. The van der Waals surface area contributed by atoms with E-state index in [4.69, 9.17) is 23.9 Å². The van der Waals surface area contributed by atoms with E-state index in [-0.39, 0.29) is 13.0 Å². The fraction of sp³-hybridized carbons (Fsp3) is 0.227. The number of fused-ring (bicyclic) bond motifs is 1. The van der Waals surface area contributed by atoms with Gasteiger partial charge in [-0.1, -0.05) is 0 Å². The molecule has 0 aliphatic rings. The number of benzene rings is 2. The third kappa shape index (κ3) is 4.93. The maximum atomic E-state index is 12.1. The summed E-state index contributed by atoms with van der Waals surface area (Å²) in [5, 5.41) is 9.70. The molecule has 0 radical (unpaired) electrons. The largest absolute Gasteiger partial charge is 0.493 e. The van der Waals surface area contributed by atoms with Crippen molar-refractivity contribution >= 4 is 16.9 Å². The highest BCUT2D eigenvalue weighted by atomic mass is 16.5. The number of ether oxygens (including phenoxy) is 3. The second-order valence-electron chi connectivity index (χ2n) is 6.31. The van der Waals surface area contributed by atoms with Crippen LogP contribution in [0.1, 0.15) is 24.0 Å². The molecule has 0 unspecified atom stereocenters. The lowest BCUT2D eigenvalue weighted by molar-refractivity contribution is -0.134. The van der Waals surface area contributed by atoms with Gasteiger partial charge in [-0.3, -0.25) is 4.79 Å². The SMILES string of the molecule is COc1cc(C#N)ccc1OCCCC(=O)Oc1ccc2c(C)cc(=O)oc2c1. The van der Waals surface area contributed by atoms with Gasteiger partial charge in [0.15, 0.2) is 11.5 Å². The number of nitriles is 1. The van der Waals surface area contributed by atoms with Crippen LogP contribution in [0.15, 0.2) is 51.7 Å². The van der Waals surface area contributed by atoms with Crippen LogP contribution in [0.4, 0.5) is 0 Å². The predicted molar refractivity (Wildman–Crippen MR) is 105 cm³/mol. The first-order chi connectivity index (χ1) is 14.0. The summed E-state index contributed by atoms with van der Waals surface area (Å²) in [7, 11) is 1.49. The summed E-state index contributed by atoms with van der Waals surface area (Å²) in [6.07, 6.45) is 0.582. The number of rotatable bonds is 7. The second kappa shape index (κ2) is 8.93. The molecule has 0 amide bonds. The molecule has 0 atom stereocenters. The van der Waals surface area contributed by atoms with E-state index < -0.39 is 11.6 Å². The first kappa shape index (κ1) is 20.0. The van der Waals surface area contributed by atoms with Gasteiger partial charge in [-0.25, -0.2) is 4.79 Å². The number of carbonyl (C=O) groups is 1. The minimum atomic E-state index is -0.450. The molecule has 0 spiro atoms. The van der Waals surface area contributed by atoms with Gasteiger partial charge in [0.2, 0.25) is 0 Å². The van der Waals surface area contributed by atoms with E-state index in [1.54, 1.807) is 30.3 Å². The Bertz CT molecular complexity index is 1140. The highest BCUT2D eigenvalue weighted by Crippen LogP contribution is 2.28. The molecule has 3 rings (SSSR count). The van der Waals surface area contributed by atoms with Gasteiger partial charge in [-0.2, -0.15) is 5.26 Å². The molecule has 29 heavy (non-hydrogen) atoms. The van der Waals surface area contributed by atoms with Crippen molar-refractivity contribution in [3.8, 4) is 23.3 Å². The summed E-state index contributed by atoms with van der Waals surface area (Å²) < 4.78 is 21.3. The van der Waals surface area contributed by atoms with Crippen LogP contribution in [-0.2, 0) is 4.79 Å². The van der Waals surface area contributed by atoms with Gasteiger partial charge in [-0.05, 0) is 43.2 Å². The standard InChI is InChI=1S/C22H19NO6/c1-14-10-22(25)29-19-12-16(6-7-17(14)19)28-21(24)4-3-9-27-18-8-5-15(13-23)11-20(18)26-2/h5-8,10-12H,3-4,9H2,1-2H3. The fourth-order valence-corrected chi connectivity index (χ4v) is 2.81. The molecular formula is C22H19NO6. The third-order valence-electron chi connectivity index (χ3n) is 4.23. The molecular weight excluding hydrogens is 374 g/mol. The van der Waals surface area contributed by atoms with Crippen LogP contribution in [0.25, 0.3) is 11.0 Å². The highest BCUT2D eigenvalue weighted by Gasteiger charge is 2.10. The summed E-state index contributed by atoms with van der Waals surface area (Å²) in [4.78, 5) is 23.6. The summed E-state index contributed by atoms with van der Waals surface area (Å²) in [5.41, 5.74) is 1.19. The van der Waals surface area contributed by atoms with Gasteiger partial charge >= 0.3 is 11.6 Å². The van der Waals surface area contributed by atoms with Crippen molar-refractivity contribution in [1.82, 2.24) is 0 Å². The van der Waals surface area contributed by atoms with E-state index in [1.807, 2.05) is 13.0 Å². The molecule has 148 valence electrons. The number of aryl methyl sites for hydroxylation is 1. The molecule has 0 aliphatic heterocycles. The van der Waals surface area contributed by atoms with Gasteiger partial charge in [0, 0.05) is 30.0 Å². The van der Waals surface area contributed by atoms with E-state index in [0.29, 0.717) is 34.8 Å². The average Bonchev–Trinajstić information content (AvgIpc) is 2.70. The van der Waals surface area contributed by atoms with E-state index >= 15 is 0 Å². The molecule has 3 aromatic rings. The molecule has 1 aromatic heterocycles. The Morgan fingerprint density at radius 1 is 1.14 bits per heavy atom. The molecule has 0 saturated carbocycles. The topological polar surface area (TPSA) is 98.8 Å². The smallest absolute Gasteiger partial charge is 0.336 e. The van der Waals surface area contributed by atoms with Gasteiger partial charge in [0.1, 0.15) is 11.3 Å². The van der Waals surface area contributed by atoms with Gasteiger partial charge in [-0.15, -0.1) is 0 Å². The third-order valence-corrected chi connectivity index (χ3v) is 4.23. The summed E-state index contributed by atoms with van der Waals surface area (Å²) in [5.74, 6) is 0.847. The number of nitrogens with zero attached hydrogens (tertiary/aromatic N) is 1.